The monoisotopic (exact) mass is 748 g/mol. The summed E-state index contributed by atoms with van der Waals surface area (Å²) in [6.45, 7) is 5.65. The fourth-order valence-corrected chi connectivity index (χ4v) is 9.07. The minimum atomic E-state index is -0.730. The van der Waals surface area contributed by atoms with Crippen molar-refractivity contribution in [3.8, 4) is 22.6 Å². The molecule has 2 aliphatic heterocycles. The lowest BCUT2D eigenvalue weighted by Gasteiger charge is -2.24. The predicted molar refractivity (Wildman–Crippen MR) is 207 cm³/mol. The number of aliphatic hydroxyl groups is 1. The van der Waals surface area contributed by atoms with Gasteiger partial charge in [0.25, 0.3) is 0 Å². The zero-order valence-corrected chi connectivity index (χ0v) is 30.7. The van der Waals surface area contributed by atoms with E-state index in [9.17, 15) is 15.0 Å². The van der Waals surface area contributed by atoms with Crippen LogP contribution in [0.15, 0.2) is 71.4 Å². The molecule has 0 spiro atoms. The first-order valence-corrected chi connectivity index (χ1v) is 18.9. The largest absolute Gasteiger partial charge is 0.481 e. The van der Waals surface area contributed by atoms with Gasteiger partial charge in [-0.25, -0.2) is 9.97 Å². The molecule has 3 N–H and O–H groups in total. The van der Waals surface area contributed by atoms with Crippen LogP contribution in [0.4, 0.5) is 11.5 Å². The van der Waals surface area contributed by atoms with E-state index < -0.39 is 5.97 Å². The van der Waals surface area contributed by atoms with Crippen LogP contribution in [-0.2, 0) is 17.8 Å². The first kappa shape index (κ1) is 34.2. The number of pyridine rings is 2. The number of aromatic nitrogens is 3. The number of aliphatic carboxylic acids is 1. The van der Waals surface area contributed by atoms with Crippen LogP contribution < -0.4 is 5.32 Å². The van der Waals surface area contributed by atoms with Crippen LogP contribution in [0.25, 0.3) is 44.6 Å². The Bertz CT molecular complexity index is 2420. The molecule has 0 saturated carbocycles. The van der Waals surface area contributed by atoms with Crippen molar-refractivity contribution in [2.45, 2.75) is 51.3 Å². The number of carboxylic acids is 1. The summed E-state index contributed by atoms with van der Waals surface area (Å²) < 4.78 is 6.41. The van der Waals surface area contributed by atoms with Crippen LogP contribution in [-0.4, -0.2) is 73.2 Å². The molecule has 0 bridgehead atoms. The second kappa shape index (κ2) is 13.7. The minimum absolute atomic E-state index is 0.123. The predicted octanol–water partition coefficient (Wildman–Crippen LogP) is 8.42. The first-order chi connectivity index (χ1) is 25.7. The van der Waals surface area contributed by atoms with Crippen molar-refractivity contribution in [3.63, 3.8) is 0 Å². The zero-order valence-electron chi connectivity index (χ0n) is 29.1. The van der Waals surface area contributed by atoms with Gasteiger partial charge in [0, 0.05) is 61.1 Å². The molecule has 10 nitrogen and oxygen atoms in total. The number of fused-ring (bicyclic) bond motifs is 3. The molecule has 2 saturated heterocycles. The van der Waals surface area contributed by atoms with Gasteiger partial charge in [0.2, 0.25) is 5.89 Å². The number of oxazole rings is 1. The van der Waals surface area contributed by atoms with E-state index in [1.807, 2.05) is 55.6 Å². The number of hydrogen-bond acceptors (Lipinski definition) is 9. The lowest BCUT2D eigenvalue weighted by atomic mass is 9.96. The van der Waals surface area contributed by atoms with Gasteiger partial charge in [-0.15, -0.1) is 0 Å². The fourth-order valence-electron chi connectivity index (χ4n) is 8.46. The van der Waals surface area contributed by atoms with Gasteiger partial charge in [-0.1, -0.05) is 47.5 Å². The summed E-state index contributed by atoms with van der Waals surface area (Å²) in [7, 11) is 0. The number of halogens is 2. The Morgan fingerprint density at radius 2 is 1.81 bits per heavy atom. The summed E-state index contributed by atoms with van der Waals surface area (Å²) in [5.41, 5.74) is 9.56. The number of carboxylic acid groups (broad SMARTS) is 1. The molecule has 5 heterocycles. The second-order valence-corrected chi connectivity index (χ2v) is 15.3. The van der Waals surface area contributed by atoms with Crippen molar-refractivity contribution >= 4 is 62.7 Å². The van der Waals surface area contributed by atoms with Gasteiger partial charge in [-0.2, -0.15) is 0 Å². The molecule has 12 heteroatoms. The van der Waals surface area contributed by atoms with E-state index in [4.69, 9.17) is 37.6 Å². The number of aliphatic hydroxyl groups excluding tert-OH is 1. The highest BCUT2D eigenvalue weighted by molar-refractivity contribution is 6.36. The van der Waals surface area contributed by atoms with Crippen molar-refractivity contribution in [1.82, 2.24) is 24.8 Å². The third-order valence-corrected chi connectivity index (χ3v) is 12.0. The molecule has 53 heavy (non-hydrogen) atoms. The van der Waals surface area contributed by atoms with Crippen LogP contribution in [0.5, 0.6) is 0 Å². The summed E-state index contributed by atoms with van der Waals surface area (Å²) in [5, 5.41) is 25.0. The third kappa shape index (κ3) is 6.22. The van der Waals surface area contributed by atoms with E-state index in [0.29, 0.717) is 58.1 Å². The Balaban J connectivity index is 1.00. The lowest BCUT2D eigenvalue weighted by molar-refractivity contribution is -0.141. The van der Waals surface area contributed by atoms with Crippen molar-refractivity contribution in [3.05, 3.63) is 99.3 Å². The van der Waals surface area contributed by atoms with Crippen LogP contribution >= 0.6 is 23.2 Å². The van der Waals surface area contributed by atoms with E-state index in [-0.39, 0.29) is 18.1 Å². The molecule has 9 rings (SSSR count). The smallest absolute Gasteiger partial charge is 0.307 e. The summed E-state index contributed by atoms with van der Waals surface area (Å²) in [5.74, 6) is 0.0240. The number of likely N-dealkylation sites (tertiary alicyclic amines) is 2. The van der Waals surface area contributed by atoms with Crippen LogP contribution in [0.3, 0.4) is 0 Å². The number of benzene rings is 3. The molecule has 3 aromatic carbocycles. The SMILES string of the molecule is Cc1c(-c2nc3cc4c(c(Cl)c3o2)CC[C@H]4N2CC[C@@H](C(=O)O)C2)cccc1-c1cccc(Nc2nccc3cc(CN4CC[C@@H](O)C4)cnc23)c1Cl. The quantitative estimate of drug-likeness (QED) is 0.140. The summed E-state index contributed by atoms with van der Waals surface area (Å²) in [6, 6.07) is 18.2. The third-order valence-electron chi connectivity index (χ3n) is 11.2. The molecule has 3 aliphatic rings. The number of rotatable bonds is 8. The highest BCUT2D eigenvalue weighted by Crippen LogP contribution is 2.46. The van der Waals surface area contributed by atoms with Crippen LogP contribution in [0, 0.1) is 12.8 Å². The molecule has 0 amide bonds. The van der Waals surface area contributed by atoms with Crippen LogP contribution in [0.1, 0.15) is 47.6 Å². The molecular weight excluding hydrogens is 711 g/mol. The normalized spacial score (nSPS) is 20.5. The number of hydrogen-bond donors (Lipinski definition) is 3. The molecule has 270 valence electrons. The zero-order chi connectivity index (χ0) is 36.4. The number of β-amino-alcohol motifs (C(OH)–C–C–N with tert-alkyl or cyclic N) is 1. The maximum Gasteiger partial charge on any atom is 0.307 e. The molecule has 0 unspecified atom stereocenters. The van der Waals surface area contributed by atoms with Crippen molar-refractivity contribution in [2.75, 3.05) is 31.5 Å². The number of carbonyl (C=O) groups is 1. The summed E-state index contributed by atoms with van der Waals surface area (Å²) in [4.78, 5) is 30.5. The van der Waals surface area contributed by atoms with Crippen molar-refractivity contribution in [1.29, 1.82) is 0 Å². The van der Waals surface area contributed by atoms with Gasteiger partial charge < -0.3 is 19.9 Å². The molecule has 3 atom stereocenters. The van der Waals surface area contributed by atoms with E-state index in [0.717, 1.165) is 88.7 Å². The molecule has 2 fully saturated rings. The topological polar surface area (TPSA) is 128 Å². The van der Waals surface area contributed by atoms with E-state index in [2.05, 4.69) is 32.2 Å². The van der Waals surface area contributed by atoms with Crippen molar-refractivity contribution < 1.29 is 19.4 Å². The summed E-state index contributed by atoms with van der Waals surface area (Å²) >= 11 is 14.2. The average molecular weight is 750 g/mol. The van der Waals surface area contributed by atoms with Gasteiger partial charge in [-0.3, -0.25) is 19.6 Å². The standard InChI is InChI=1S/C41H38Cl2N6O4/c1-22-27(29-6-3-7-32(35(29)42)46-39-37-24(10-13-44-39)16-23(18-45-37)19-48-14-12-26(50)21-48)4-2-5-28(22)40-47-33-17-31-30(36(43)38(33)53-40)8-9-34(31)49-15-11-25(20-49)41(51)52/h2-7,10,13,16-18,25-26,34,50H,8-9,11-12,14-15,19-21H2,1H3,(H,44,46)(H,51,52)/t25-,26-,34-/m1/s1. The fraction of sp³-hybridized carbons (Fsp3) is 0.317. The van der Waals surface area contributed by atoms with Gasteiger partial charge in [0.15, 0.2) is 11.4 Å². The Morgan fingerprint density at radius 3 is 2.62 bits per heavy atom. The molecule has 0 radical (unpaired) electrons. The van der Waals surface area contributed by atoms with Gasteiger partial charge in [0.05, 0.1) is 27.8 Å². The first-order valence-electron chi connectivity index (χ1n) is 18.1. The highest BCUT2D eigenvalue weighted by Gasteiger charge is 2.37. The molecule has 3 aromatic heterocycles. The maximum absolute atomic E-state index is 11.6. The Labute approximate surface area is 316 Å². The maximum atomic E-state index is 11.6. The number of anilines is 2. The minimum Gasteiger partial charge on any atom is -0.481 e. The van der Waals surface area contributed by atoms with Gasteiger partial charge in [-0.05, 0) is 97.3 Å². The second-order valence-electron chi connectivity index (χ2n) is 14.5. The highest BCUT2D eigenvalue weighted by atomic mass is 35.5. The van der Waals surface area contributed by atoms with Gasteiger partial charge in [0.1, 0.15) is 11.0 Å². The van der Waals surface area contributed by atoms with Gasteiger partial charge >= 0.3 is 5.97 Å². The lowest BCUT2D eigenvalue weighted by Crippen LogP contribution is -2.26. The number of nitrogens with one attached hydrogen (secondary N) is 1. The number of nitrogens with zero attached hydrogens (tertiary/aromatic N) is 5. The Hall–Kier alpha value is -4.58. The molecular formula is C41H38Cl2N6O4. The molecule has 1 aliphatic carbocycles. The van der Waals surface area contributed by atoms with E-state index in [1.54, 1.807) is 6.20 Å². The van der Waals surface area contributed by atoms with E-state index in [1.165, 1.54) is 0 Å². The average Bonchev–Trinajstić information content (AvgIpc) is 3.97. The van der Waals surface area contributed by atoms with Crippen LogP contribution in [0.2, 0.25) is 10.0 Å². The Morgan fingerprint density at radius 1 is 0.981 bits per heavy atom. The summed E-state index contributed by atoms with van der Waals surface area (Å²) in [6.07, 6.45) is 6.56. The van der Waals surface area contributed by atoms with E-state index >= 15 is 0 Å². The van der Waals surface area contributed by atoms with Crippen molar-refractivity contribution in [2.24, 2.45) is 5.92 Å². The molecule has 6 aromatic rings. The Kier molecular flexibility index (Phi) is 8.83.